The van der Waals surface area contributed by atoms with Crippen molar-refractivity contribution in [1.82, 2.24) is 0 Å². The molecule has 2 heteroatoms. The second kappa shape index (κ2) is 3.73. The molecule has 1 aromatic carbocycles. The third-order valence-corrected chi connectivity index (χ3v) is 2.28. The number of hydrogen-bond acceptors (Lipinski definition) is 0. The van der Waals surface area contributed by atoms with Gasteiger partial charge in [-0.15, -0.1) is 0 Å². The normalized spacial score (nSPS) is 9.00. The molecule has 1 rings (SSSR count). The van der Waals surface area contributed by atoms with E-state index >= 15 is 0 Å². The zero-order valence-corrected chi connectivity index (χ0v) is 9.07. The number of benzene rings is 1. The van der Waals surface area contributed by atoms with Crippen LogP contribution in [0.3, 0.4) is 0 Å². The fourth-order valence-corrected chi connectivity index (χ4v) is 1.93. The first-order chi connectivity index (χ1) is 5.65. The summed E-state index contributed by atoms with van der Waals surface area (Å²) in [6.45, 7) is 4.13. The molecule has 0 aromatic heterocycles. The Morgan fingerprint density at radius 1 is 1.33 bits per heavy atom. The Hall–Kier alpha value is -0.810. The van der Waals surface area contributed by atoms with Crippen molar-refractivity contribution in [3.63, 3.8) is 0 Å². The highest BCUT2D eigenvalue weighted by Gasteiger charge is 2.06. The van der Waals surface area contributed by atoms with Crippen molar-refractivity contribution in [1.29, 1.82) is 0 Å². The molecule has 1 aromatic rings. The van der Waals surface area contributed by atoms with Crippen LogP contribution in [-0.2, 0) is 0 Å². The Balaban J connectivity index is 3.34. The maximum absolute atomic E-state index is 3.88. The second-order valence-electron chi connectivity index (χ2n) is 2.77. The van der Waals surface area contributed by atoms with Crippen LogP contribution in [0, 0.1) is 19.9 Å². The van der Waals surface area contributed by atoms with Crippen LogP contribution in [-0.4, -0.2) is 7.05 Å². The molecule has 0 atom stereocenters. The molecule has 0 radical (unpaired) electrons. The summed E-state index contributed by atoms with van der Waals surface area (Å²) in [5, 5.41) is 0. The van der Waals surface area contributed by atoms with Gasteiger partial charge in [0.15, 0.2) is 0 Å². The van der Waals surface area contributed by atoms with Crippen molar-refractivity contribution in [3.8, 4) is 6.07 Å². The predicted molar refractivity (Wildman–Crippen MR) is 55.9 cm³/mol. The number of nitrogens with zero attached hydrogens (tertiary/aromatic N) is 1. The number of hydrogen-bond donors (Lipinski definition) is 0. The van der Waals surface area contributed by atoms with Crippen molar-refractivity contribution >= 4 is 15.9 Å². The number of rotatable bonds is 0. The number of halogens is 1. The lowest BCUT2D eigenvalue weighted by atomic mass is 10.1. The van der Waals surface area contributed by atoms with E-state index in [2.05, 4.69) is 52.8 Å². The summed E-state index contributed by atoms with van der Waals surface area (Å²) in [6.07, 6.45) is 0. The SMILES string of the molecule is C[N+]#Cc1c(C)cc(C)cc1Br. The molecule has 0 unspecified atom stereocenters. The average molecular weight is 225 g/mol. The van der Waals surface area contributed by atoms with Gasteiger partial charge in [0.05, 0.1) is 0 Å². The Morgan fingerprint density at radius 3 is 2.50 bits per heavy atom. The Kier molecular flexibility index (Phi) is 2.88. The molecule has 0 saturated carbocycles. The largest absolute Gasteiger partial charge is 0.312 e. The monoisotopic (exact) mass is 224 g/mol. The van der Waals surface area contributed by atoms with Gasteiger partial charge in [0.1, 0.15) is 5.56 Å². The minimum Gasteiger partial charge on any atom is -0.0813 e. The summed E-state index contributed by atoms with van der Waals surface area (Å²) >= 11 is 3.48. The highest BCUT2D eigenvalue weighted by atomic mass is 79.9. The van der Waals surface area contributed by atoms with Gasteiger partial charge < -0.3 is 0 Å². The van der Waals surface area contributed by atoms with Crippen molar-refractivity contribution < 1.29 is 0 Å². The van der Waals surface area contributed by atoms with E-state index in [1.807, 2.05) is 0 Å². The highest BCUT2D eigenvalue weighted by Crippen LogP contribution is 2.21. The molecule has 0 saturated heterocycles. The summed E-state index contributed by atoms with van der Waals surface area (Å²) in [7, 11) is 1.73. The van der Waals surface area contributed by atoms with Crippen LogP contribution < -0.4 is 0 Å². The summed E-state index contributed by atoms with van der Waals surface area (Å²) in [5.74, 6) is 0. The lowest BCUT2D eigenvalue weighted by Gasteiger charge is -1.99. The van der Waals surface area contributed by atoms with Gasteiger partial charge in [0.25, 0.3) is 7.05 Å². The topological polar surface area (TPSA) is 4.36 Å². The molecule has 0 aliphatic rings. The van der Waals surface area contributed by atoms with E-state index in [4.69, 9.17) is 0 Å². The molecule has 0 aliphatic carbocycles. The van der Waals surface area contributed by atoms with E-state index in [1.54, 1.807) is 7.05 Å². The molecule has 1 nitrogen and oxygen atoms in total. The second-order valence-corrected chi connectivity index (χ2v) is 3.63. The molecule has 0 N–H and O–H groups in total. The van der Waals surface area contributed by atoms with E-state index in [0.717, 1.165) is 10.0 Å². The minimum atomic E-state index is 1.04. The van der Waals surface area contributed by atoms with Gasteiger partial charge >= 0.3 is 6.07 Å². The van der Waals surface area contributed by atoms with Gasteiger partial charge in [0.2, 0.25) is 0 Å². The van der Waals surface area contributed by atoms with Crippen LogP contribution in [0.5, 0.6) is 0 Å². The van der Waals surface area contributed by atoms with Gasteiger partial charge in [-0.25, -0.2) is 0 Å². The van der Waals surface area contributed by atoms with Crippen LogP contribution >= 0.6 is 15.9 Å². The summed E-state index contributed by atoms with van der Waals surface area (Å²) in [6, 6.07) is 7.14. The van der Waals surface area contributed by atoms with Crippen LogP contribution in [0.4, 0.5) is 0 Å². The molecule has 12 heavy (non-hydrogen) atoms. The third kappa shape index (κ3) is 1.86. The zero-order valence-electron chi connectivity index (χ0n) is 7.48. The average Bonchev–Trinajstić information content (AvgIpc) is 1.96. The zero-order chi connectivity index (χ0) is 9.14. The van der Waals surface area contributed by atoms with Gasteiger partial charge in [-0.05, 0) is 47.0 Å². The van der Waals surface area contributed by atoms with Gasteiger partial charge in [-0.1, -0.05) is 10.9 Å². The molecular weight excluding hydrogens is 214 g/mol. The van der Waals surface area contributed by atoms with Crippen molar-refractivity contribution in [2.45, 2.75) is 13.8 Å². The fourth-order valence-electron chi connectivity index (χ4n) is 1.17. The molecular formula is C10H11BrN+. The van der Waals surface area contributed by atoms with Gasteiger partial charge in [-0.3, -0.25) is 0 Å². The molecule has 0 heterocycles. The summed E-state index contributed by atoms with van der Waals surface area (Å²) in [5.41, 5.74) is 3.50. The number of aryl methyl sites for hydroxylation is 2. The van der Waals surface area contributed by atoms with Gasteiger partial charge in [-0.2, -0.15) is 0 Å². The maximum atomic E-state index is 3.88. The standard InChI is InChI=1S/C10H11BrN/c1-7-4-8(2)9(6-12-3)10(11)5-7/h4-5H,1-3H3/q+1. The smallest absolute Gasteiger partial charge is 0.0813 e. The van der Waals surface area contributed by atoms with Crippen LogP contribution in [0.1, 0.15) is 16.7 Å². The van der Waals surface area contributed by atoms with E-state index < -0.39 is 0 Å². The molecule has 0 amide bonds. The van der Waals surface area contributed by atoms with Crippen LogP contribution in [0.15, 0.2) is 16.6 Å². The highest BCUT2D eigenvalue weighted by molar-refractivity contribution is 9.10. The van der Waals surface area contributed by atoms with E-state index in [1.165, 1.54) is 11.1 Å². The van der Waals surface area contributed by atoms with E-state index in [0.29, 0.717) is 0 Å². The maximum Gasteiger partial charge on any atom is 0.312 e. The lowest BCUT2D eigenvalue weighted by Crippen LogP contribution is -1.85. The third-order valence-electron chi connectivity index (χ3n) is 1.66. The van der Waals surface area contributed by atoms with Crippen LogP contribution in [0.25, 0.3) is 4.85 Å². The quantitative estimate of drug-likeness (QED) is 0.637. The van der Waals surface area contributed by atoms with E-state index in [-0.39, 0.29) is 0 Å². The molecule has 0 aliphatic heterocycles. The minimum absolute atomic E-state index is 1.04. The molecule has 0 bridgehead atoms. The van der Waals surface area contributed by atoms with Crippen molar-refractivity contribution in [3.05, 3.63) is 38.1 Å². The molecule has 0 fully saturated rings. The summed E-state index contributed by atoms with van der Waals surface area (Å²) < 4.78 is 1.06. The fraction of sp³-hybridized carbons (Fsp3) is 0.300. The predicted octanol–water partition coefficient (Wildman–Crippen LogP) is 3.38. The first kappa shape index (κ1) is 9.28. The van der Waals surface area contributed by atoms with Gasteiger partial charge in [0, 0.05) is 4.47 Å². The first-order valence-corrected chi connectivity index (χ1v) is 4.56. The van der Waals surface area contributed by atoms with E-state index in [9.17, 15) is 0 Å². The van der Waals surface area contributed by atoms with Crippen LogP contribution in [0.2, 0.25) is 0 Å². The van der Waals surface area contributed by atoms with Crippen molar-refractivity contribution in [2.75, 3.05) is 7.05 Å². The van der Waals surface area contributed by atoms with Crippen molar-refractivity contribution in [2.24, 2.45) is 0 Å². The molecule has 0 spiro atoms. The Bertz CT molecular complexity index is 335. The first-order valence-electron chi connectivity index (χ1n) is 3.76. The lowest BCUT2D eigenvalue weighted by molar-refractivity contribution is 1.34. The Labute approximate surface area is 81.4 Å². The molecule has 62 valence electrons. The Morgan fingerprint density at radius 2 is 2.00 bits per heavy atom. The summed E-state index contributed by atoms with van der Waals surface area (Å²) in [4.78, 5) is 3.88.